The highest BCUT2D eigenvalue weighted by Crippen LogP contribution is 2.12. The largest absolute Gasteiger partial charge is 0.379 e. The number of hydrogen-bond donors (Lipinski definition) is 0. The van der Waals surface area contributed by atoms with Crippen LogP contribution in [0.25, 0.3) is 0 Å². The van der Waals surface area contributed by atoms with E-state index in [4.69, 9.17) is 18.4 Å². The molecule has 1 aromatic rings. The zero-order valence-corrected chi connectivity index (χ0v) is 15.1. The summed E-state index contributed by atoms with van der Waals surface area (Å²) in [7, 11) is 1.38. The summed E-state index contributed by atoms with van der Waals surface area (Å²) in [4.78, 5) is 0. The summed E-state index contributed by atoms with van der Waals surface area (Å²) in [6.07, 6.45) is 2.06. The summed E-state index contributed by atoms with van der Waals surface area (Å²) >= 11 is 2.12. The summed E-state index contributed by atoms with van der Waals surface area (Å²) in [6, 6.07) is 10.1. The molecule has 0 saturated carbocycles. The molecule has 1 aromatic carbocycles. The standard InChI is InChI=1S/C15H23IO4S/c16-21-20-9-5-4-8-17-10-11-18-12-13-19-14-15-6-2-1-3-7-15/h1-3,6-7H,4-5,8-14H2. The normalized spacial score (nSPS) is 10.9. The van der Waals surface area contributed by atoms with Crippen molar-refractivity contribution >= 4 is 30.4 Å². The Morgan fingerprint density at radius 1 is 0.762 bits per heavy atom. The fourth-order valence-corrected chi connectivity index (χ4v) is 2.32. The first-order valence-electron chi connectivity index (χ1n) is 7.11. The molecule has 6 heteroatoms. The Morgan fingerprint density at radius 3 is 2.10 bits per heavy atom. The van der Waals surface area contributed by atoms with Gasteiger partial charge in [0.25, 0.3) is 0 Å². The SMILES string of the molecule is ISOCCCCOCCOCCOCc1ccccc1. The summed E-state index contributed by atoms with van der Waals surface area (Å²) in [5.74, 6) is 0. The number of unbranched alkanes of at least 4 members (excludes halogenated alkanes) is 1. The van der Waals surface area contributed by atoms with E-state index in [1.807, 2.05) is 18.2 Å². The molecule has 0 aromatic heterocycles. The van der Waals surface area contributed by atoms with Crippen molar-refractivity contribution in [1.82, 2.24) is 0 Å². The third-order valence-electron chi connectivity index (χ3n) is 2.67. The second-order valence-electron chi connectivity index (χ2n) is 4.36. The molecule has 0 atom stereocenters. The second-order valence-corrected chi connectivity index (χ2v) is 5.80. The Labute approximate surface area is 143 Å². The maximum atomic E-state index is 5.52. The fourth-order valence-electron chi connectivity index (χ4n) is 1.60. The highest BCUT2D eigenvalue weighted by molar-refractivity contribution is 14.2. The average Bonchev–Trinajstić information content (AvgIpc) is 2.53. The van der Waals surface area contributed by atoms with Gasteiger partial charge in [-0.15, -0.1) is 0 Å². The Kier molecular flexibility index (Phi) is 13.8. The van der Waals surface area contributed by atoms with Gasteiger partial charge in [0.15, 0.2) is 0 Å². The summed E-state index contributed by atoms with van der Waals surface area (Å²) < 4.78 is 21.6. The van der Waals surface area contributed by atoms with Crippen molar-refractivity contribution in [2.24, 2.45) is 0 Å². The Balaban J connectivity index is 1.75. The van der Waals surface area contributed by atoms with E-state index in [0.29, 0.717) is 33.0 Å². The van der Waals surface area contributed by atoms with Gasteiger partial charge in [-0.05, 0) is 18.4 Å². The maximum Gasteiger partial charge on any atom is 0.0718 e. The number of halogens is 1. The predicted octanol–water partition coefficient (Wildman–Crippen LogP) is 4.03. The molecule has 0 aliphatic heterocycles. The molecular weight excluding hydrogens is 403 g/mol. The topological polar surface area (TPSA) is 36.9 Å². The molecule has 1 rings (SSSR count). The van der Waals surface area contributed by atoms with Gasteiger partial charge >= 0.3 is 0 Å². The predicted molar refractivity (Wildman–Crippen MR) is 94.5 cm³/mol. The van der Waals surface area contributed by atoms with E-state index < -0.39 is 0 Å². The van der Waals surface area contributed by atoms with E-state index in [0.717, 1.165) is 26.1 Å². The maximum absolute atomic E-state index is 5.52. The molecule has 0 bridgehead atoms. The van der Waals surface area contributed by atoms with Crippen LogP contribution in [0.3, 0.4) is 0 Å². The van der Waals surface area contributed by atoms with Crippen LogP contribution < -0.4 is 0 Å². The van der Waals surface area contributed by atoms with Crippen LogP contribution in [0.4, 0.5) is 0 Å². The van der Waals surface area contributed by atoms with E-state index in [1.165, 1.54) is 14.8 Å². The lowest BCUT2D eigenvalue weighted by molar-refractivity contribution is 0.00983. The molecule has 0 N–H and O–H groups in total. The highest BCUT2D eigenvalue weighted by atomic mass is 127. The van der Waals surface area contributed by atoms with Crippen molar-refractivity contribution in [1.29, 1.82) is 0 Å². The van der Waals surface area contributed by atoms with Crippen molar-refractivity contribution in [3.8, 4) is 0 Å². The van der Waals surface area contributed by atoms with E-state index in [9.17, 15) is 0 Å². The number of ether oxygens (including phenoxy) is 3. The number of hydrogen-bond acceptors (Lipinski definition) is 5. The fraction of sp³-hybridized carbons (Fsp3) is 0.600. The Bertz CT molecular complexity index is 327. The Morgan fingerprint density at radius 2 is 1.38 bits per heavy atom. The van der Waals surface area contributed by atoms with Gasteiger partial charge in [0.1, 0.15) is 0 Å². The smallest absolute Gasteiger partial charge is 0.0718 e. The van der Waals surface area contributed by atoms with E-state index in [-0.39, 0.29) is 0 Å². The number of benzene rings is 1. The van der Waals surface area contributed by atoms with Crippen LogP contribution in [0.2, 0.25) is 0 Å². The van der Waals surface area contributed by atoms with Crippen molar-refractivity contribution < 1.29 is 18.4 Å². The van der Waals surface area contributed by atoms with Crippen molar-refractivity contribution in [2.75, 3.05) is 39.6 Å². The third-order valence-corrected chi connectivity index (χ3v) is 3.69. The van der Waals surface area contributed by atoms with E-state index in [1.54, 1.807) is 0 Å². The molecule has 0 aliphatic carbocycles. The van der Waals surface area contributed by atoms with Crippen LogP contribution in [0.5, 0.6) is 0 Å². The van der Waals surface area contributed by atoms with Gasteiger partial charge in [-0.3, -0.25) is 0 Å². The first-order chi connectivity index (χ1) is 10.4. The van der Waals surface area contributed by atoms with Gasteiger partial charge in [-0.2, -0.15) is 0 Å². The molecule has 0 amide bonds. The monoisotopic (exact) mass is 426 g/mol. The van der Waals surface area contributed by atoms with Gasteiger partial charge in [0, 0.05) is 27.8 Å². The molecule has 0 unspecified atom stereocenters. The number of rotatable bonds is 14. The van der Waals surface area contributed by atoms with Gasteiger partial charge in [-0.1, -0.05) is 30.3 Å². The highest BCUT2D eigenvalue weighted by Gasteiger charge is 1.94. The third kappa shape index (κ3) is 12.4. The van der Waals surface area contributed by atoms with Gasteiger partial charge in [-0.25, -0.2) is 0 Å². The molecule has 0 heterocycles. The Hall–Kier alpha value is 0.140. The van der Waals surface area contributed by atoms with Gasteiger partial charge < -0.3 is 18.4 Å². The molecule has 4 nitrogen and oxygen atoms in total. The molecule has 21 heavy (non-hydrogen) atoms. The molecule has 0 saturated heterocycles. The molecule has 0 aliphatic rings. The molecule has 120 valence electrons. The molecular formula is C15H23IO4S. The lowest BCUT2D eigenvalue weighted by Gasteiger charge is -2.07. The molecule has 0 fully saturated rings. The van der Waals surface area contributed by atoms with E-state index >= 15 is 0 Å². The second kappa shape index (κ2) is 15.1. The lowest BCUT2D eigenvalue weighted by Crippen LogP contribution is -2.10. The minimum Gasteiger partial charge on any atom is -0.379 e. The van der Waals surface area contributed by atoms with Crippen LogP contribution in [0, 0.1) is 0 Å². The van der Waals surface area contributed by atoms with Crippen molar-refractivity contribution in [3.63, 3.8) is 0 Å². The van der Waals surface area contributed by atoms with Crippen LogP contribution >= 0.6 is 30.4 Å². The minimum absolute atomic E-state index is 0.608. The molecule has 0 spiro atoms. The van der Waals surface area contributed by atoms with Crippen LogP contribution in [-0.4, -0.2) is 39.6 Å². The van der Waals surface area contributed by atoms with Gasteiger partial charge in [0.05, 0.1) is 48.9 Å². The molecule has 0 radical (unpaired) electrons. The van der Waals surface area contributed by atoms with Crippen LogP contribution in [0.1, 0.15) is 18.4 Å². The summed E-state index contributed by atoms with van der Waals surface area (Å²) in [6.45, 7) is 4.67. The van der Waals surface area contributed by atoms with Crippen LogP contribution in [-0.2, 0) is 25.0 Å². The average molecular weight is 426 g/mol. The van der Waals surface area contributed by atoms with Crippen LogP contribution in [0.15, 0.2) is 30.3 Å². The van der Waals surface area contributed by atoms with Crippen molar-refractivity contribution in [2.45, 2.75) is 19.4 Å². The minimum atomic E-state index is 0.608. The summed E-state index contributed by atoms with van der Waals surface area (Å²) in [5, 5.41) is 0. The van der Waals surface area contributed by atoms with Crippen molar-refractivity contribution in [3.05, 3.63) is 35.9 Å². The first kappa shape index (κ1) is 19.2. The summed E-state index contributed by atoms with van der Waals surface area (Å²) in [5.41, 5.74) is 1.19. The zero-order chi connectivity index (χ0) is 15.0. The zero-order valence-electron chi connectivity index (χ0n) is 12.2. The lowest BCUT2D eigenvalue weighted by atomic mass is 10.2. The van der Waals surface area contributed by atoms with E-state index in [2.05, 4.69) is 33.3 Å². The van der Waals surface area contributed by atoms with Gasteiger partial charge in [0.2, 0.25) is 0 Å². The first-order valence-corrected chi connectivity index (χ1v) is 10.4. The quantitative estimate of drug-likeness (QED) is 0.255.